The molecule has 0 bridgehead atoms. The normalized spacial score (nSPS) is 21.7. The zero-order valence-electron chi connectivity index (χ0n) is 11.3. The van der Waals surface area contributed by atoms with Crippen molar-refractivity contribution in [1.82, 2.24) is 5.32 Å². The van der Waals surface area contributed by atoms with E-state index in [1.807, 2.05) is 13.8 Å². The van der Waals surface area contributed by atoms with Gasteiger partial charge < -0.3 is 20.5 Å². The minimum atomic E-state index is -0.0476. The predicted octanol–water partition coefficient (Wildman–Crippen LogP) is 1.30. The third kappa shape index (κ3) is 2.66. The van der Waals surface area contributed by atoms with Gasteiger partial charge in [-0.2, -0.15) is 0 Å². The van der Waals surface area contributed by atoms with Crippen LogP contribution in [0.3, 0.4) is 0 Å². The summed E-state index contributed by atoms with van der Waals surface area (Å²) in [5.74, 6) is 0.943. The molecule has 0 saturated carbocycles. The summed E-state index contributed by atoms with van der Waals surface area (Å²) in [6.07, 6.45) is 0. The van der Waals surface area contributed by atoms with E-state index in [0.29, 0.717) is 6.61 Å². The SMILES string of the molecule is COc1c(C)cc(C(N)C2COCCN2)cc1C. The molecule has 4 nitrogen and oxygen atoms in total. The summed E-state index contributed by atoms with van der Waals surface area (Å²) in [7, 11) is 1.70. The molecule has 0 radical (unpaired) electrons. The summed E-state index contributed by atoms with van der Waals surface area (Å²) in [6, 6.07) is 4.35. The minimum Gasteiger partial charge on any atom is -0.496 e. The fraction of sp³-hybridized carbons (Fsp3) is 0.571. The topological polar surface area (TPSA) is 56.5 Å². The van der Waals surface area contributed by atoms with Crippen molar-refractivity contribution in [2.75, 3.05) is 26.9 Å². The third-order valence-corrected chi connectivity index (χ3v) is 3.46. The van der Waals surface area contributed by atoms with Gasteiger partial charge in [0.25, 0.3) is 0 Å². The van der Waals surface area contributed by atoms with Gasteiger partial charge in [0.15, 0.2) is 0 Å². The number of methoxy groups -OCH3 is 1. The van der Waals surface area contributed by atoms with Crippen LogP contribution in [-0.4, -0.2) is 32.9 Å². The van der Waals surface area contributed by atoms with Crippen molar-refractivity contribution in [2.24, 2.45) is 5.73 Å². The summed E-state index contributed by atoms with van der Waals surface area (Å²) in [4.78, 5) is 0. The van der Waals surface area contributed by atoms with E-state index in [2.05, 4.69) is 17.4 Å². The summed E-state index contributed by atoms with van der Waals surface area (Å²) < 4.78 is 10.8. The highest BCUT2D eigenvalue weighted by molar-refractivity contribution is 5.44. The number of nitrogens with two attached hydrogens (primary N) is 1. The fourth-order valence-corrected chi connectivity index (χ4v) is 2.55. The van der Waals surface area contributed by atoms with Gasteiger partial charge in [-0.3, -0.25) is 0 Å². The van der Waals surface area contributed by atoms with Crippen molar-refractivity contribution in [3.05, 3.63) is 28.8 Å². The first kappa shape index (κ1) is 13.3. The summed E-state index contributed by atoms with van der Waals surface area (Å²) in [6.45, 7) is 6.40. The Morgan fingerprint density at radius 1 is 1.39 bits per heavy atom. The highest BCUT2D eigenvalue weighted by atomic mass is 16.5. The number of hydrogen-bond acceptors (Lipinski definition) is 4. The molecule has 0 aliphatic carbocycles. The van der Waals surface area contributed by atoms with E-state index in [9.17, 15) is 0 Å². The van der Waals surface area contributed by atoms with Crippen LogP contribution in [0.1, 0.15) is 22.7 Å². The second-order valence-electron chi connectivity index (χ2n) is 4.85. The molecule has 3 N–H and O–H groups in total. The van der Waals surface area contributed by atoms with Gasteiger partial charge >= 0.3 is 0 Å². The van der Waals surface area contributed by atoms with Gasteiger partial charge in [-0.25, -0.2) is 0 Å². The molecule has 2 rings (SSSR count). The first-order chi connectivity index (χ1) is 8.63. The van der Waals surface area contributed by atoms with Crippen LogP contribution in [0.5, 0.6) is 5.75 Å². The number of morpholine rings is 1. The lowest BCUT2D eigenvalue weighted by molar-refractivity contribution is 0.0684. The van der Waals surface area contributed by atoms with Gasteiger partial charge in [-0.1, -0.05) is 12.1 Å². The van der Waals surface area contributed by atoms with Crippen LogP contribution in [0.4, 0.5) is 0 Å². The molecule has 0 amide bonds. The Hall–Kier alpha value is -1.10. The second-order valence-corrected chi connectivity index (χ2v) is 4.85. The average molecular weight is 250 g/mol. The Balaban J connectivity index is 2.22. The zero-order chi connectivity index (χ0) is 13.1. The van der Waals surface area contributed by atoms with Crippen molar-refractivity contribution in [2.45, 2.75) is 25.9 Å². The molecule has 2 unspecified atom stereocenters. The molecule has 1 heterocycles. The van der Waals surface area contributed by atoms with Crippen LogP contribution in [0.15, 0.2) is 12.1 Å². The van der Waals surface area contributed by atoms with Crippen LogP contribution < -0.4 is 15.8 Å². The van der Waals surface area contributed by atoms with Crippen LogP contribution in [0.25, 0.3) is 0 Å². The molecule has 0 spiro atoms. The van der Waals surface area contributed by atoms with Crippen LogP contribution in [0.2, 0.25) is 0 Å². The smallest absolute Gasteiger partial charge is 0.124 e. The second kappa shape index (κ2) is 5.69. The standard InChI is InChI=1S/C14H22N2O2/c1-9-6-11(7-10(2)14(9)17-3)13(15)12-8-18-5-4-16-12/h6-7,12-13,16H,4-5,8,15H2,1-3H3. The molecule has 100 valence electrons. The van der Waals surface area contributed by atoms with Crippen molar-refractivity contribution < 1.29 is 9.47 Å². The molecule has 1 aromatic rings. The molecule has 1 fully saturated rings. The summed E-state index contributed by atoms with van der Waals surface area (Å²) in [5.41, 5.74) is 9.70. The van der Waals surface area contributed by atoms with Gasteiger partial charge in [0.1, 0.15) is 5.75 Å². The van der Waals surface area contributed by atoms with E-state index in [-0.39, 0.29) is 12.1 Å². The van der Waals surface area contributed by atoms with Crippen LogP contribution in [-0.2, 0) is 4.74 Å². The Morgan fingerprint density at radius 3 is 2.56 bits per heavy atom. The number of nitrogens with one attached hydrogen (secondary N) is 1. The molecular weight excluding hydrogens is 228 g/mol. The number of benzene rings is 1. The first-order valence-electron chi connectivity index (χ1n) is 6.35. The minimum absolute atomic E-state index is 0.0476. The predicted molar refractivity (Wildman–Crippen MR) is 72.0 cm³/mol. The molecule has 1 aliphatic rings. The maximum Gasteiger partial charge on any atom is 0.124 e. The molecule has 1 aliphatic heterocycles. The molecular formula is C14H22N2O2. The van der Waals surface area contributed by atoms with Gasteiger partial charge in [-0.15, -0.1) is 0 Å². The monoisotopic (exact) mass is 250 g/mol. The quantitative estimate of drug-likeness (QED) is 0.849. The maximum absolute atomic E-state index is 6.32. The van der Waals surface area contributed by atoms with E-state index in [1.165, 1.54) is 0 Å². The van der Waals surface area contributed by atoms with Crippen molar-refractivity contribution in [3.8, 4) is 5.75 Å². The molecule has 1 saturated heterocycles. The highest BCUT2D eigenvalue weighted by Gasteiger charge is 2.22. The van der Waals surface area contributed by atoms with Crippen LogP contribution >= 0.6 is 0 Å². The lowest BCUT2D eigenvalue weighted by atomic mass is 9.96. The van der Waals surface area contributed by atoms with Gasteiger partial charge in [0.05, 0.1) is 20.3 Å². The van der Waals surface area contributed by atoms with Crippen molar-refractivity contribution in [1.29, 1.82) is 0 Å². The average Bonchev–Trinajstić information content (AvgIpc) is 2.38. The highest BCUT2D eigenvalue weighted by Crippen LogP contribution is 2.27. The number of aryl methyl sites for hydroxylation is 2. The van der Waals surface area contributed by atoms with Gasteiger partial charge in [-0.05, 0) is 30.5 Å². The summed E-state index contributed by atoms with van der Waals surface area (Å²) >= 11 is 0. The Bertz CT molecular complexity index is 391. The number of rotatable bonds is 3. The maximum atomic E-state index is 6.32. The van der Waals surface area contributed by atoms with E-state index in [1.54, 1.807) is 7.11 Å². The first-order valence-corrected chi connectivity index (χ1v) is 6.35. The Labute approximate surface area is 108 Å². The molecule has 2 atom stereocenters. The molecule has 0 aromatic heterocycles. The lowest BCUT2D eigenvalue weighted by Gasteiger charge is -2.29. The van der Waals surface area contributed by atoms with Crippen molar-refractivity contribution >= 4 is 0 Å². The summed E-state index contributed by atoms with van der Waals surface area (Å²) in [5, 5.41) is 3.40. The molecule has 1 aromatic carbocycles. The van der Waals surface area contributed by atoms with E-state index in [4.69, 9.17) is 15.2 Å². The number of ether oxygens (including phenoxy) is 2. The van der Waals surface area contributed by atoms with Gasteiger partial charge in [0, 0.05) is 18.6 Å². The third-order valence-electron chi connectivity index (χ3n) is 3.46. The lowest BCUT2D eigenvalue weighted by Crippen LogP contribution is -2.47. The molecule has 18 heavy (non-hydrogen) atoms. The van der Waals surface area contributed by atoms with Crippen molar-refractivity contribution in [3.63, 3.8) is 0 Å². The van der Waals surface area contributed by atoms with E-state index >= 15 is 0 Å². The Morgan fingerprint density at radius 2 is 2.06 bits per heavy atom. The number of hydrogen-bond donors (Lipinski definition) is 2. The van der Waals surface area contributed by atoms with E-state index in [0.717, 1.165) is 35.6 Å². The largest absolute Gasteiger partial charge is 0.496 e. The zero-order valence-corrected chi connectivity index (χ0v) is 11.3. The van der Waals surface area contributed by atoms with E-state index < -0.39 is 0 Å². The fourth-order valence-electron chi connectivity index (χ4n) is 2.55. The van der Waals surface area contributed by atoms with Crippen LogP contribution in [0, 0.1) is 13.8 Å². The van der Waals surface area contributed by atoms with Gasteiger partial charge in [0.2, 0.25) is 0 Å². The molecule has 4 heteroatoms. The Kier molecular flexibility index (Phi) is 4.22.